The van der Waals surface area contributed by atoms with Gasteiger partial charge in [-0.15, -0.1) is 0 Å². The normalized spacial score (nSPS) is 11.2. The van der Waals surface area contributed by atoms with Gasteiger partial charge >= 0.3 is 0 Å². The number of hydrogen-bond acceptors (Lipinski definition) is 4. The van der Waals surface area contributed by atoms with E-state index in [0.29, 0.717) is 0 Å². The molecule has 2 aromatic carbocycles. The van der Waals surface area contributed by atoms with E-state index in [4.69, 9.17) is 10.5 Å². The molecule has 0 unspecified atom stereocenters. The maximum Gasteiger partial charge on any atom is 0.264 e. The lowest BCUT2D eigenvalue weighted by atomic mass is 10.3. The molecule has 5 nitrogen and oxygen atoms in total. The van der Waals surface area contributed by atoms with Crippen LogP contribution < -0.4 is 15.2 Å². The molecule has 0 aromatic heterocycles. The number of ether oxygens (including phenoxy) is 1. The van der Waals surface area contributed by atoms with Gasteiger partial charge < -0.3 is 10.5 Å². The second kappa shape index (κ2) is 5.57. The fraction of sp³-hybridized carbons (Fsp3) is 0.0769. The second-order valence-electron chi connectivity index (χ2n) is 4.13. The summed E-state index contributed by atoms with van der Waals surface area (Å²) < 4.78 is 58.0. The Bertz CT molecular complexity index is 779. The molecule has 0 radical (unpaired) electrons. The summed E-state index contributed by atoms with van der Waals surface area (Å²) in [5, 5.41) is 0. The van der Waals surface area contributed by atoms with E-state index in [2.05, 4.69) is 0 Å². The summed E-state index contributed by atoms with van der Waals surface area (Å²) in [5.41, 5.74) is 5.05. The molecule has 8 heteroatoms. The van der Waals surface area contributed by atoms with E-state index < -0.39 is 26.6 Å². The number of halogens is 2. The summed E-state index contributed by atoms with van der Waals surface area (Å²) in [5.74, 6) is -1.30. The summed E-state index contributed by atoms with van der Waals surface area (Å²) in [4.78, 5) is -0.468. The third-order valence-electron chi connectivity index (χ3n) is 2.68. The summed E-state index contributed by atoms with van der Waals surface area (Å²) >= 11 is 0. The zero-order chi connectivity index (χ0) is 15.6. The third kappa shape index (κ3) is 3.22. The van der Waals surface area contributed by atoms with Crippen LogP contribution in [0.15, 0.2) is 41.3 Å². The first kappa shape index (κ1) is 15.0. The van der Waals surface area contributed by atoms with Gasteiger partial charge in [-0.05, 0) is 30.3 Å². The third-order valence-corrected chi connectivity index (χ3v) is 4.10. The predicted molar refractivity (Wildman–Crippen MR) is 74.6 cm³/mol. The molecule has 0 aliphatic heterocycles. The average molecular weight is 314 g/mol. The molecule has 0 aliphatic rings. The van der Waals surface area contributed by atoms with Crippen molar-refractivity contribution in [2.75, 3.05) is 17.6 Å². The molecule has 0 aliphatic carbocycles. The maximum atomic E-state index is 13.6. The minimum Gasteiger partial charge on any atom is -0.497 e. The monoisotopic (exact) mass is 314 g/mol. The van der Waals surface area contributed by atoms with E-state index in [0.717, 1.165) is 24.3 Å². The number of benzene rings is 2. The summed E-state index contributed by atoms with van der Waals surface area (Å²) in [6.45, 7) is 0. The molecule has 0 spiro atoms. The van der Waals surface area contributed by atoms with Gasteiger partial charge in [-0.3, -0.25) is 4.72 Å². The molecule has 21 heavy (non-hydrogen) atoms. The Labute approximate surface area is 120 Å². The second-order valence-corrected chi connectivity index (χ2v) is 5.78. The van der Waals surface area contributed by atoms with E-state index in [1.165, 1.54) is 19.2 Å². The van der Waals surface area contributed by atoms with Crippen LogP contribution in [0, 0.1) is 11.6 Å². The van der Waals surface area contributed by atoms with Gasteiger partial charge in [-0.1, -0.05) is 0 Å². The van der Waals surface area contributed by atoms with Gasteiger partial charge in [0.25, 0.3) is 10.0 Å². The summed E-state index contributed by atoms with van der Waals surface area (Å²) in [6, 6.07) is 6.46. The maximum absolute atomic E-state index is 13.6. The molecular formula is C13H12F2N2O3S. The number of nitrogen functional groups attached to an aromatic ring is 1. The van der Waals surface area contributed by atoms with Crippen molar-refractivity contribution < 1.29 is 21.9 Å². The Morgan fingerprint density at radius 2 is 1.86 bits per heavy atom. The highest BCUT2D eigenvalue weighted by Crippen LogP contribution is 2.26. The SMILES string of the molecule is COc1ccc(F)c(NS(=O)(=O)c2cc(F)ccc2N)c1. The standard InChI is InChI=1S/C13H12F2N2O3S/c1-20-9-3-4-10(15)12(7-9)17-21(18,19)13-6-8(14)2-5-11(13)16/h2-7,17H,16H2,1H3. The van der Waals surface area contributed by atoms with Crippen LogP contribution >= 0.6 is 0 Å². The van der Waals surface area contributed by atoms with Crippen molar-refractivity contribution in [3.8, 4) is 5.75 Å². The number of nitrogens with one attached hydrogen (secondary N) is 1. The van der Waals surface area contributed by atoms with E-state index in [1.807, 2.05) is 4.72 Å². The largest absolute Gasteiger partial charge is 0.497 e. The van der Waals surface area contributed by atoms with Crippen LogP contribution in [0.25, 0.3) is 0 Å². The van der Waals surface area contributed by atoms with Crippen LogP contribution in [0.2, 0.25) is 0 Å². The van der Waals surface area contributed by atoms with Gasteiger partial charge in [0.05, 0.1) is 18.5 Å². The number of methoxy groups -OCH3 is 1. The highest BCUT2D eigenvalue weighted by atomic mass is 32.2. The molecule has 112 valence electrons. The van der Waals surface area contributed by atoms with E-state index in [9.17, 15) is 17.2 Å². The molecule has 0 amide bonds. The lowest BCUT2D eigenvalue weighted by molar-refractivity contribution is 0.414. The fourth-order valence-electron chi connectivity index (χ4n) is 1.65. The van der Waals surface area contributed by atoms with Gasteiger partial charge in [0.2, 0.25) is 0 Å². The highest BCUT2D eigenvalue weighted by Gasteiger charge is 2.20. The molecule has 2 rings (SSSR count). The van der Waals surface area contributed by atoms with Crippen molar-refractivity contribution in [2.24, 2.45) is 0 Å². The number of sulfonamides is 1. The number of hydrogen-bond donors (Lipinski definition) is 2. The Morgan fingerprint density at radius 3 is 2.52 bits per heavy atom. The molecular weight excluding hydrogens is 302 g/mol. The highest BCUT2D eigenvalue weighted by molar-refractivity contribution is 7.92. The summed E-state index contributed by atoms with van der Waals surface area (Å²) in [6.07, 6.45) is 0. The molecule has 0 heterocycles. The first-order valence-corrected chi connectivity index (χ1v) is 7.23. The van der Waals surface area contributed by atoms with Crippen molar-refractivity contribution >= 4 is 21.4 Å². The van der Waals surface area contributed by atoms with Gasteiger partial charge in [0.15, 0.2) is 0 Å². The summed E-state index contributed by atoms with van der Waals surface area (Å²) in [7, 11) is -2.87. The Kier molecular flexibility index (Phi) is 3.99. The van der Waals surface area contributed by atoms with Crippen molar-refractivity contribution in [3.05, 3.63) is 48.0 Å². The minimum absolute atomic E-state index is 0.146. The fourth-order valence-corrected chi connectivity index (χ4v) is 2.85. The van der Waals surface area contributed by atoms with Crippen molar-refractivity contribution in [2.45, 2.75) is 4.90 Å². The van der Waals surface area contributed by atoms with Gasteiger partial charge in [0, 0.05) is 6.07 Å². The lowest BCUT2D eigenvalue weighted by Crippen LogP contribution is -2.16. The van der Waals surface area contributed by atoms with Crippen LogP contribution in [0.3, 0.4) is 0 Å². The minimum atomic E-state index is -4.22. The molecule has 0 bridgehead atoms. The van der Waals surface area contributed by atoms with Crippen LogP contribution in [-0.4, -0.2) is 15.5 Å². The average Bonchev–Trinajstić information content (AvgIpc) is 2.43. The first-order chi connectivity index (χ1) is 9.83. The molecule has 0 atom stereocenters. The van der Waals surface area contributed by atoms with Crippen LogP contribution in [-0.2, 0) is 10.0 Å². The molecule has 2 aromatic rings. The van der Waals surface area contributed by atoms with E-state index >= 15 is 0 Å². The van der Waals surface area contributed by atoms with Crippen molar-refractivity contribution in [1.82, 2.24) is 0 Å². The predicted octanol–water partition coefficient (Wildman–Crippen LogP) is 2.36. The topological polar surface area (TPSA) is 81.4 Å². The van der Waals surface area contributed by atoms with Crippen molar-refractivity contribution in [3.63, 3.8) is 0 Å². The Hall–Kier alpha value is -2.35. The number of rotatable bonds is 4. The lowest BCUT2D eigenvalue weighted by Gasteiger charge is -2.12. The molecule has 3 N–H and O–H groups in total. The zero-order valence-corrected chi connectivity index (χ0v) is 11.7. The van der Waals surface area contributed by atoms with Gasteiger partial charge in [-0.2, -0.15) is 0 Å². The van der Waals surface area contributed by atoms with Crippen LogP contribution in [0.1, 0.15) is 0 Å². The number of nitrogens with two attached hydrogens (primary N) is 1. The van der Waals surface area contributed by atoms with Crippen LogP contribution in [0.4, 0.5) is 20.2 Å². The Balaban J connectivity index is 2.44. The molecule has 0 saturated carbocycles. The van der Waals surface area contributed by atoms with E-state index in [-0.39, 0.29) is 17.1 Å². The van der Waals surface area contributed by atoms with E-state index in [1.54, 1.807) is 0 Å². The first-order valence-electron chi connectivity index (χ1n) is 5.75. The van der Waals surface area contributed by atoms with Crippen LogP contribution in [0.5, 0.6) is 5.75 Å². The van der Waals surface area contributed by atoms with Crippen molar-refractivity contribution in [1.29, 1.82) is 0 Å². The smallest absolute Gasteiger partial charge is 0.264 e. The van der Waals surface area contributed by atoms with Gasteiger partial charge in [0.1, 0.15) is 22.3 Å². The molecule has 0 saturated heterocycles. The zero-order valence-electron chi connectivity index (χ0n) is 10.9. The Morgan fingerprint density at radius 1 is 1.14 bits per heavy atom. The quantitative estimate of drug-likeness (QED) is 0.849. The van der Waals surface area contributed by atoms with Gasteiger partial charge in [-0.25, -0.2) is 17.2 Å². The number of anilines is 2. The molecule has 0 fully saturated rings.